The molecule has 0 saturated heterocycles. The zero-order valence-electron chi connectivity index (χ0n) is 10.2. The maximum Gasteiger partial charge on any atom is 0.243 e. The lowest BCUT2D eigenvalue weighted by atomic mass is 10.1. The van der Waals surface area contributed by atoms with E-state index in [-0.39, 0.29) is 6.04 Å². The maximum absolute atomic E-state index is 5.84. The molecule has 1 heterocycles. The number of nitrogens with two attached hydrogens (primary N) is 1. The molecular formula is C13H17N3O. The van der Waals surface area contributed by atoms with Gasteiger partial charge in [0.15, 0.2) is 0 Å². The minimum Gasteiger partial charge on any atom is -0.337 e. The van der Waals surface area contributed by atoms with E-state index in [2.05, 4.69) is 29.2 Å². The Labute approximate surface area is 101 Å². The fraction of sp³-hybridized carbons (Fsp3) is 0.385. The normalized spacial score (nSPS) is 12.6. The molecule has 1 atom stereocenters. The van der Waals surface area contributed by atoms with Crippen LogP contribution in [0.2, 0.25) is 0 Å². The van der Waals surface area contributed by atoms with Crippen LogP contribution in [0.4, 0.5) is 0 Å². The second-order valence-electron chi connectivity index (χ2n) is 4.02. The summed E-state index contributed by atoms with van der Waals surface area (Å²) in [6.45, 7) is 4.12. The third-order valence-corrected chi connectivity index (χ3v) is 2.82. The van der Waals surface area contributed by atoms with E-state index in [1.165, 1.54) is 5.56 Å². The second-order valence-corrected chi connectivity index (χ2v) is 4.02. The van der Waals surface area contributed by atoms with Gasteiger partial charge in [-0.05, 0) is 18.4 Å². The largest absolute Gasteiger partial charge is 0.337 e. The first-order valence-electron chi connectivity index (χ1n) is 5.93. The van der Waals surface area contributed by atoms with Gasteiger partial charge in [-0.3, -0.25) is 0 Å². The Bertz CT molecular complexity index is 476. The van der Waals surface area contributed by atoms with Gasteiger partial charge in [-0.2, -0.15) is 4.98 Å². The summed E-state index contributed by atoms with van der Waals surface area (Å²) in [6, 6.07) is 7.98. The van der Waals surface area contributed by atoms with Crippen LogP contribution >= 0.6 is 0 Å². The Morgan fingerprint density at radius 2 is 1.94 bits per heavy atom. The second kappa shape index (κ2) is 5.10. The molecule has 0 spiro atoms. The predicted octanol–water partition coefficient (Wildman–Crippen LogP) is 2.71. The third-order valence-electron chi connectivity index (χ3n) is 2.82. The highest BCUT2D eigenvalue weighted by Gasteiger charge is 2.13. The lowest BCUT2D eigenvalue weighted by Crippen LogP contribution is -2.08. The lowest BCUT2D eigenvalue weighted by molar-refractivity contribution is 0.352. The van der Waals surface area contributed by atoms with Crippen LogP contribution in [0.3, 0.4) is 0 Å². The van der Waals surface area contributed by atoms with Gasteiger partial charge in [0.2, 0.25) is 11.7 Å². The molecule has 2 rings (SSSR count). The number of rotatable bonds is 4. The Morgan fingerprint density at radius 1 is 1.24 bits per heavy atom. The summed E-state index contributed by atoms with van der Waals surface area (Å²) >= 11 is 0. The summed E-state index contributed by atoms with van der Waals surface area (Å²) < 4.78 is 5.14. The molecule has 0 fully saturated rings. The fourth-order valence-corrected chi connectivity index (χ4v) is 1.57. The van der Waals surface area contributed by atoms with Crippen molar-refractivity contribution in [3.8, 4) is 11.4 Å². The van der Waals surface area contributed by atoms with Crippen LogP contribution in [-0.4, -0.2) is 10.1 Å². The molecular weight excluding hydrogens is 214 g/mol. The molecule has 2 N–H and O–H groups in total. The predicted molar refractivity (Wildman–Crippen MR) is 66.3 cm³/mol. The Kier molecular flexibility index (Phi) is 3.54. The number of nitrogens with zero attached hydrogens (tertiary/aromatic N) is 2. The van der Waals surface area contributed by atoms with Gasteiger partial charge < -0.3 is 10.3 Å². The van der Waals surface area contributed by atoms with E-state index in [1.54, 1.807) is 0 Å². The number of aryl methyl sites for hydroxylation is 1. The minimum atomic E-state index is -0.175. The zero-order valence-corrected chi connectivity index (χ0v) is 10.2. The molecule has 0 unspecified atom stereocenters. The van der Waals surface area contributed by atoms with Crippen molar-refractivity contribution in [1.29, 1.82) is 0 Å². The van der Waals surface area contributed by atoms with E-state index in [1.807, 2.05) is 19.1 Å². The Balaban J connectivity index is 2.24. The van der Waals surface area contributed by atoms with Crippen molar-refractivity contribution in [3.63, 3.8) is 0 Å². The summed E-state index contributed by atoms with van der Waals surface area (Å²) in [5, 5.41) is 3.94. The highest BCUT2D eigenvalue weighted by Crippen LogP contribution is 2.19. The standard InChI is InChI=1S/C13H17N3O/c1-3-9-5-7-10(8-6-9)12-15-13(17-16-12)11(14)4-2/h5-8,11H,3-4,14H2,1-2H3/t11-/m1/s1. The quantitative estimate of drug-likeness (QED) is 0.878. The van der Waals surface area contributed by atoms with Gasteiger partial charge in [0.25, 0.3) is 0 Å². The van der Waals surface area contributed by atoms with Crippen LogP contribution < -0.4 is 5.73 Å². The van der Waals surface area contributed by atoms with Crippen molar-refractivity contribution >= 4 is 0 Å². The molecule has 4 heteroatoms. The summed E-state index contributed by atoms with van der Waals surface area (Å²) in [5.74, 6) is 1.11. The lowest BCUT2D eigenvalue weighted by Gasteiger charge is -1.99. The van der Waals surface area contributed by atoms with Gasteiger partial charge in [-0.15, -0.1) is 0 Å². The van der Waals surface area contributed by atoms with Crippen molar-refractivity contribution in [2.24, 2.45) is 5.73 Å². The van der Waals surface area contributed by atoms with Crippen LogP contribution in [0.5, 0.6) is 0 Å². The molecule has 0 bridgehead atoms. The summed E-state index contributed by atoms with van der Waals surface area (Å²) in [4.78, 5) is 4.30. The molecule has 0 aliphatic heterocycles. The topological polar surface area (TPSA) is 64.9 Å². The van der Waals surface area contributed by atoms with Crippen molar-refractivity contribution in [2.45, 2.75) is 32.7 Å². The van der Waals surface area contributed by atoms with Gasteiger partial charge in [-0.1, -0.05) is 43.3 Å². The van der Waals surface area contributed by atoms with Crippen LogP contribution in [0.15, 0.2) is 28.8 Å². The number of hydrogen-bond donors (Lipinski definition) is 1. The van der Waals surface area contributed by atoms with Crippen LogP contribution in [-0.2, 0) is 6.42 Å². The average Bonchev–Trinajstić information content (AvgIpc) is 2.87. The van der Waals surface area contributed by atoms with Gasteiger partial charge in [0.1, 0.15) is 0 Å². The van der Waals surface area contributed by atoms with Gasteiger partial charge >= 0.3 is 0 Å². The number of aromatic nitrogens is 2. The zero-order chi connectivity index (χ0) is 12.3. The van der Waals surface area contributed by atoms with E-state index in [0.717, 1.165) is 18.4 Å². The smallest absolute Gasteiger partial charge is 0.243 e. The van der Waals surface area contributed by atoms with E-state index in [9.17, 15) is 0 Å². The fourth-order valence-electron chi connectivity index (χ4n) is 1.57. The van der Waals surface area contributed by atoms with Gasteiger partial charge in [0, 0.05) is 5.56 Å². The molecule has 4 nitrogen and oxygen atoms in total. The SMILES string of the molecule is CCc1ccc(-c2noc([C@H](N)CC)n2)cc1. The van der Waals surface area contributed by atoms with Crippen molar-refractivity contribution in [1.82, 2.24) is 10.1 Å². The highest BCUT2D eigenvalue weighted by molar-refractivity contribution is 5.54. The average molecular weight is 231 g/mol. The summed E-state index contributed by atoms with van der Waals surface area (Å²) in [6.07, 6.45) is 1.81. The first kappa shape index (κ1) is 11.8. The van der Waals surface area contributed by atoms with Crippen LogP contribution in [0.1, 0.15) is 37.8 Å². The van der Waals surface area contributed by atoms with E-state index in [4.69, 9.17) is 10.3 Å². The highest BCUT2D eigenvalue weighted by atomic mass is 16.5. The molecule has 2 aromatic rings. The molecule has 0 saturated carbocycles. The molecule has 0 amide bonds. The molecule has 1 aromatic heterocycles. The summed E-state index contributed by atoms with van der Waals surface area (Å²) in [5.41, 5.74) is 8.09. The van der Waals surface area contributed by atoms with Crippen LogP contribution in [0.25, 0.3) is 11.4 Å². The first-order chi connectivity index (χ1) is 8.24. The maximum atomic E-state index is 5.84. The molecule has 1 aromatic carbocycles. The molecule has 0 aliphatic carbocycles. The van der Waals surface area contributed by atoms with E-state index >= 15 is 0 Å². The Morgan fingerprint density at radius 3 is 2.53 bits per heavy atom. The molecule has 0 radical (unpaired) electrons. The van der Waals surface area contributed by atoms with E-state index in [0.29, 0.717) is 11.7 Å². The van der Waals surface area contributed by atoms with Gasteiger partial charge in [-0.25, -0.2) is 0 Å². The number of hydrogen-bond acceptors (Lipinski definition) is 4. The van der Waals surface area contributed by atoms with E-state index < -0.39 is 0 Å². The Hall–Kier alpha value is -1.68. The van der Waals surface area contributed by atoms with Crippen molar-refractivity contribution in [2.75, 3.05) is 0 Å². The first-order valence-corrected chi connectivity index (χ1v) is 5.93. The molecule has 17 heavy (non-hydrogen) atoms. The minimum absolute atomic E-state index is 0.175. The van der Waals surface area contributed by atoms with Crippen molar-refractivity contribution < 1.29 is 4.52 Å². The number of benzene rings is 1. The molecule has 90 valence electrons. The monoisotopic (exact) mass is 231 g/mol. The third kappa shape index (κ3) is 2.53. The van der Waals surface area contributed by atoms with Crippen molar-refractivity contribution in [3.05, 3.63) is 35.7 Å². The van der Waals surface area contributed by atoms with Crippen LogP contribution in [0, 0.1) is 0 Å². The van der Waals surface area contributed by atoms with Gasteiger partial charge in [0.05, 0.1) is 6.04 Å². The molecule has 0 aliphatic rings. The summed E-state index contributed by atoms with van der Waals surface area (Å²) in [7, 11) is 0.